The van der Waals surface area contributed by atoms with Crippen LogP contribution in [0.25, 0.3) is 0 Å². The molecule has 4 heteroatoms. The zero-order valence-corrected chi connectivity index (χ0v) is 11.9. The van der Waals surface area contributed by atoms with E-state index in [1.165, 1.54) is 24.0 Å². The molecule has 0 aliphatic heterocycles. The average molecular weight is 306 g/mol. The molecule has 18 heavy (non-hydrogen) atoms. The van der Waals surface area contributed by atoms with Gasteiger partial charge in [0.05, 0.1) is 16.7 Å². The van der Waals surface area contributed by atoms with Gasteiger partial charge in [0.25, 0.3) is 0 Å². The highest BCUT2D eigenvalue weighted by Gasteiger charge is 2.22. The molecule has 1 fully saturated rings. The van der Waals surface area contributed by atoms with Crippen LogP contribution in [-0.2, 0) is 6.54 Å². The van der Waals surface area contributed by atoms with Crippen LogP contribution in [0.1, 0.15) is 35.6 Å². The Morgan fingerprint density at radius 2 is 2.00 bits per heavy atom. The van der Waals surface area contributed by atoms with Crippen LogP contribution < -0.4 is 5.73 Å². The van der Waals surface area contributed by atoms with Crippen LogP contribution in [0.5, 0.6) is 0 Å². The average Bonchev–Trinajstić information content (AvgIpc) is 3.18. The molecule has 0 unspecified atom stereocenters. The first-order chi connectivity index (χ1) is 8.65. The zero-order valence-electron chi connectivity index (χ0n) is 10.4. The molecule has 94 valence electrons. The van der Waals surface area contributed by atoms with Crippen LogP contribution in [0.2, 0.25) is 0 Å². The molecular weight excluding hydrogens is 290 g/mol. The number of anilines is 1. The lowest BCUT2D eigenvalue weighted by Gasteiger charge is -2.05. The van der Waals surface area contributed by atoms with Gasteiger partial charge in [-0.15, -0.1) is 0 Å². The van der Waals surface area contributed by atoms with Crippen molar-refractivity contribution in [1.29, 1.82) is 0 Å². The lowest BCUT2D eigenvalue weighted by molar-refractivity contribution is 0.689. The fourth-order valence-electron chi connectivity index (χ4n) is 2.18. The quantitative estimate of drug-likeness (QED) is 0.943. The molecule has 1 aromatic carbocycles. The number of aryl methyl sites for hydroxylation is 1. The standard InChI is InChI=1S/C14H16BrN3/c1-9-13(15)14(16)18(17-9)8-10-2-4-11(5-3-10)12-6-7-12/h2-5,12H,6-8,16H2,1H3. The number of nitrogens with two attached hydrogens (primary N) is 1. The molecule has 0 bridgehead atoms. The molecule has 2 N–H and O–H groups in total. The van der Waals surface area contributed by atoms with E-state index in [-0.39, 0.29) is 0 Å². The molecule has 0 spiro atoms. The summed E-state index contributed by atoms with van der Waals surface area (Å²) in [6.45, 7) is 2.68. The van der Waals surface area contributed by atoms with Gasteiger partial charge in [0.1, 0.15) is 5.82 Å². The van der Waals surface area contributed by atoms with Gasteiger partial charge in [-0.25, -0.2) is 4.68 Å². The Morgan fingerprint density at radius 3 is 2.50 bits per heavy atom. The summed E-state index contributed by atoms with van der Waals surface area (Å²) in [5.41, 5.74) is 9.63. The molecule has 2 aromatic rings. The summed E-state index contributed by atoms with van der Waals surface area (Å²) >= 11 is 3.44. The summed E-state index contributed by atoms with van der Waals surface area (Å²) in [6.07, 6.45) is 2.69. The summed E-state index contributed by atoms with van der Waals surface area (Å²) in [5, 5.41) is 4.42. The number of rotatable bonds is 3. The summed E-state index contributed by atoms with van der Waals surface area (Å²) in [4.78, 5) is 0. The largest absolute Gasteiger partial charge is 0.383 e. The molecule has 1 aliphatic rings. The third-order valence-electron chi connectivity index (χ3n) is 3.45. The molecule has 1 aliphatic carbocycles. The molecule has 1 saturated carbocycles. The summed E-state index contributed by atoms with van der Waals surface area (Å²) in [5.74, 6) is 1.50. The van der Waals surface area contributed by atoms with Gasteiger partial charge in [-0.1, -0.05) is 24.3 Å². The van der Waals surface area contributed by atoms with Crippen molar-refractivity contribution >= 4 is 21.7 Å². The van der Waals surface area contributed by atoms with Gasteiger partial charge in [-0.2, -0.15) is 5.10 Å². The lowest BCUT2D eigenvalue weighted by Crippen LogP contribution is -2.06. The van der Waals surface area contributed by atoms with Crippen LogP contribution in [0.15, 0.2) is 28.7 Å². The predicted molar refractivity (Wildman–Crippen MR) is 76.6 cm³/mol. The van der Waals surface area contributed by atoms with Gasteiger partial charge in [0.2, 0.25) is 0 Å². The third kappa shape index (κ3) is 2.17. The van der Waals surface area contributed by atoms with E-state index in [9.17, 15) is 0 Å². The molecule has 0 atom stereocenters. The van der Waals surface area contributed by atoms with Gasteiger partial charge in [-0.3, -0.25) is 0 Å². The second-order valence-electron chi connectivity index (χ2n) is 4.96. The Morgan fingerprint density at radius 1 is 1.33 bits per heavy atom. The van der Waals surface area contributed by atoms with E-state index in [4.69, 9.17) is 5.73 Å². The second kappa shape index (κ2) is 4.43. The third-order valence-corrected chi connectivity index (χ3v) is 4.43. The maximum atomic E-state index is 5.99. The zero-order chi connectivity index (χ0) is 12.7. The van der Waals surface area contributed by atoms with E-state index >= 15 is 0 Å². The van der Waals surface area contributed by atoms with E-state index in [1.807, 2.05) is 11.6 Å². The van der Waals surface area contributed by atoms with Gasteiger partial charge in [-0.05, 0) is 52.7 Å². The maximum absolute atomic E-state index is 5.99. The number of benzene rings is 1. The summed E-state index contributed by atoms with van der Waals surface area (Å²) < 4.78 is 2.74. The number of hydrogen-bond acceptors (Lipinski definition) is 2. The van der Waals surface area contributed by atoms with Crippen LogP contribution >= 0.6 is 15.9 Å². The van der Waals surface area contributed by atoms with E-state index in [1.54, 1.807) is 0 Å². The number of nitrogens with zero attached hydrogens (tertiary/aromatic N) is 2. The van der Waals surface area contributed by atoms with Gasteiger partial charge in [0.15, 0.2) is 0 Å². The van der Waals surface area contributed by atoms with E-state index in [0.717, 1.165) is 22.6 Å². The minimum Gasteiger partial charge on any atom is -0.383 e. The number of hydrogen-bond donors (Lipinski definition) is 1. The van der Waals surface area contributed by atoms with Gasteiger partial charge in [0, 0.05) is 0 Å². The van der Waals surface area contributed by atoms with E-state index in [0.29, 0.717) is 5.82 Å². The molecule has 3 nitrogen and oxygen atoms in total. The number of nitrogen functional groups attached to an aromatic ring is 1. The highest BCUT2D eigenvalue weighted by atomic mass is 79.9. The molecular formula is C14H16BrN3. The minimum absolute atomic E-state index is 0.693. The smallest absolute Gasteiger partial charge is 0.136 e. The molecule has 0 radical (unpaired) electrons. The Hall–Kier alpha value is -1.29. The van der Waals surface area contributed by atoms with Crippen molar-refractivity contribution in [2.45, 2.75) is 32.2 Å². The Labute approximate surface area is 115 Å². The number of halogens is 1. The van der Waals surface area contributed by atoms with Crippen molar-refractivity contribution in [3.05, 3.63) is 45.6 Å². The van der Waals surface area contributed by atoms with Crippen LogP contribution in [0.3, 0.4) is 0 Å². The first-order valence-electron chi connectivity index (χ1n) is 6.22. The minimum atomic E-state index is 0.693. The first-order valence-corrected chi connectivity index (χ1v) is 7.01. The van der Waals surface area contributed by atoms with Crippen molar-refractivity contribution < 1.29 is 0 Å². The van der Waals surface area contributed by atoms with Gasteiger partial charge >= 0.3 is 0 Å². The fourth-order valence-corrected chi connectivity index (χ4v) is 2.47. The normalized spacial score (nSPS) is 15.0. The monoisotopic (exact) mass is 305 g/mol. The molecule has 0 saturated heterocycles. The van der Waals surface area contributed by atoms with E-state index in [2.05, 4.69) is 45.3 Å². The SMILES string of the molecule is Cc1nn(Cc2ccc(C3CC3)cc2)c(N)c1Br. The topological polar surface area (TPSA) is 43.8 Å². The summed E-state index contributed by atoms with van der Waals surface area (Å²) in [6, 6.07) is 8.82. The van der Waals surface area contributed by atoms with Crippen molar-refractivity contribution in [2.75, 3.05) is 5.73 Å². The van der Waals surface area contributed by atoms with Crippen molar-refractivity contribution in [3.63, 3.8) is 0 Å². The van der Waals surface area contributed by atoms with Crippen LogP contribution in [0, 0.1) is 6.92 Å². The van der Waals surface area contributed by atoms with Crippen molar-refractivity contribution in [2.24, 2.45) is 0 Å². The second-order valence-corrected chi connectivity index (χ2v) is 5.75. The highest BCUT2D eigenvalue weighted by molar-refractivity contribution is 9.10. The molecule has 0 amide bonds. The van der Waals surface area contributed by atoms with Crippen LogP contribution in [0.4, 0.5) is 5.82 Å². The number of aromatic nitrogens is 2. The Kier molecular flexibility index (Phi) is 2.90. The predicted octanol–water partition coefficient (Wildman–Crippen LogP) is 3.46. The molecule has 1 heterocycles. The maximum Gasteiger partial charge on any atom is 0.136 e. The highest BCUT2D eigenvalue weighted by Crippen LogP contribution is 2.39. The lowest BCUT2D eigenvalue weighted by atomic mass is 10.1. The molecule has 3 rings (SSSR count). The molecule has 1 aromatic heterocycles. The summed E-state index contributed by atoms with van der Waals surface area (Å²) in [7, 11) is 0. The van der Waals surface area contributed by atoms with E-state index < -0.39 is 0 Å². The first kappa shape index (κ1) is 11.8. The van der Waals surface area contributed by atoms with Crippen molar-refractivity contribution in [3.8, 4) is 0 Å². The van der Waals surface area contributed by atoms with Crippen LogP contribution in [-0.4, -0.2) is 9.78 Å². The van der Waals surface area contributed by atoms with Gasteiger partial charge < -0.3 is 5.73 Å². The Balaban J connectivity index is 1.80. The van der Waals surface area contributed by atoms with Crippen molar-refractivity contribution in [1.82, 2.24) is 9.78 Å². The Bertz CT molecular complexity index is 567. The fraction of sp³-hybridized carbons (Fsp3) is 0.357.